The zero-order valence-corrected chi connectivity index (χ0v) is 17.5. The minimum absolute atomic E-state index is 0.170. The minimum Gasteiger partial charge on any atom is -0.462 e. The monoisotopic (exact) mass is 438 g/mol. The van der Waals surface area contributed by atoms with E-state index in [2.05, 4.69) is 5.32 Å². The largest absolute Gasteiger partial charge is 0.462 e. The van der Waals surface area contributed by atoms with Crippen molar-refractivity contribution in [1.82, 2.24) is 0 Å². The van der Waals surface area contributed by atoms with Gasteiger partial charge in [0.2, 0.25) is 11.8 Å². The average Bonchev–Trinajstić information content (AvgIpc) is 3.14. The number of amides is 3. The van der Waals surface area contributed by atoms with Crippen molar-refractivity contribution in [2.45, 2.75) is 26.2 Å². The lowest BCUT2D eigenvalue weighted by Gasteiger charge is -2.14. The van der Waals surface area contributed by atoms with Crippen LogP contribution in [-0.4, -0.2) is 42.9 Å². The number of esters is 2. The van der Waals surface area contributed by atoms with Crippen molar-refractivity contribution < 1.29 is 33.4 Å². The molecule has 0 bridgehead atoms. The summed E-state index contributed by atoms with van der Waals surface area (Å²) in [7, 11) is 0. The molecule has 0 atom stereocenters. The van der Waals surface area contributed by atoms with Gasteiger partial charge in [-0.05, 0) is 55.0 Å². The van der Waals surface area contributed by atoms with Crippen LogP contribution in [0, 0.1) is 0 Å². The van der Waals surface area contributed by atoms with Crippen molar-refractivity contribution in [3.05, 3.63) is 59.7 Å². The van der Waals surface area contributed by atoms with Crippen LogP contribution in [0.5, 0.6) is 0 Å². The Hall–Kier alpha value is -4.01. The molecule has 2 aromatic carbocycles. The molecule has 1 saturated heterocycles. The average molecular weight is 438 g/mol. The van der Waals surface area contributed by atoms with Crippen LogP contribution in [0.25, 0.3) is 0 Å². The fourth-order valence-corrected chi connectivity index (χ4v) is 2.99. The maximum absolute atomic E-state index is 12.2. The second-order valence-corrected chi connectivity index (χ2v) is 7.01. The Morgan fingerprint density at radius 3 is 1.94 bits per heavy atom. The second-order valence-electron chi connectivity index (χ2n) is 7.01. The molecule has 0 radical (unpaired) electrons. The first-order valence-electron chi connectivity index (χ1n) is 10.1. The molecular weight excluding hydrogens is 416 g/mol. The Bertz CT molecular complexity index is 1010. The quantitative estimate of drug-likeness (QED) is 0.497. The zero-order chi connectivity index (χ0) is 23.1. The van der Waals surface area contributed by atoms with Gasteiger partial charge in [-0.15, -0.1) is 0 Å². The highest BCUT2D eigenvalue weighted by atomic mass is 16.5. The zero-order valence-electron chi connectivity index (χ0n) is 17.5. The van der Waals surface area contributed by atoms with E-state index in [4.69, 9.17) is 9.47 Å². The number of hydrogen-bond donors (Lipinski definition) is 1. The molecule has 0 saturated carbocycles. The third kappa shape index (κ3) is 5.57. The molecule has 2 aromatic rings. The molecule has 9 heteroatoms. The van der Waals surface area contributed by atoms with Gasteiger partial charge in [0.05, 0.1) is 23.4 Å². The first-order chi connectivity index (χ1) is 15.4. The van der Waals surface area contributed by atoms with Crippen LogP contribution >= 0.6 is 0 Å². The van der Waals surface area contributed by atoms with Gasteiger partial charge >= 0.3 is 11.9 Å². The topological polar surface area (TPSA) is 119 Å². The summed E-state index contributed by atoms with van der Waals surface area (Å²) in [6, 6.07) is 11.9. The van der Waals surface area contributed by atoms with E-state index in [-0.39, 0.29) is 30.2 Å². The van der Waals surface area contributed by atoms with Crippen LogP contribution in [0.4, 0.5) is 11.4 Å². The van der Waals surface area contributed by atoms with E-state index in [1.54, 1.807) is 12.1 Å². The molecule has 0 unspecified atom stereocenters. The summed E-state index contributed by atoms with van der Waals surface area (Å²) < 4.78 is 10.0. The first-order valence-corrected chi connectivity index (χ1v) is 10.1. The number of hydrogen-bond acceptors (Lipinski definition) is 7. The Balaban J connectivity index is 1.49. The van der Waals surface area contributed by atoms with Gasteiger partial charge in [0.15, 0.2) is 6.61 Å². The fraction of sp³-hybridized carbons (Fsp3) is 0.261. The lowest BCUT2D eigenvalue weighted by atomic mass is 10.2. The highest BCUT2D eigenvalue weighted by Gasteiger charge is 2.30. The molecule has 1 N–H and O–H groups in total. The van der Waals surface area contributed by atoms with E-state index in [1.807, 2.05) is 6.92 Å². The van der Waals surface area contributed by atoms with Gasteiger partial charge in [0.1, 0.15) is 0 Å². The predicted octanol–water partition coefficient (Wildman–Crippen LogP) is 2.70. The Labute approximate surface area is 184 Å². The molecule has 9 nitrogen and oxygen atoms in total. The molecule has 3 rings (SSSR count). The SMILES string of the molecule is CCCOC(=O)c1ccc(NC(=O)COC(=O)c2ccc(N3C(=O)CCC3=O)cc2)cc1. The van der Waals surface area contributed by atoms with Crippen LogP contribution in [0.15, 0.2) is 48.5 Å². The van der Waals surface area contributed by atoms with E-state index in [0.29, 0.717) is 23.5 Å². The summed E-state index contributed by atoms with van der Waals surface area (Å²) in [6.07, 6.45) is 1.06. The highest BCUT2D eigenvalue weighted by molar-refractivity contribution is 6.19. The molecule has 32 heavy (non-hydrogen) atoms. The number of rotatable bonds is 8. The fourth-order valence-electron chi connectivity index (χ4n) is 2.99. The molecule has 1 heterocycles. The van der Waals surface area contributed by atoms with Crippen molar-refractivity contribution >= 4 is 41.0 Å². The number of imide groups is 1. The standard InChI is InChI=1S/C23H22N2O7/c1-2-13-31-22(29)15-3-7-17(8-4-15)24-19(26)14-32-23(30)16-5-9-18(10-6-16)25-20(27)11-12-21(25)28/h3-10H,2,11-14H2,1H3,(H,24,26). The number of benzene rings is 2. The summed E-state index contributed by atoms with van der Waals surface area (Å²) in [5, 5.41) is 2.56. The summed E-state index contributed by atoms with van der Waals surface area (Å²) in [5.41, 5.74) is 1.36. The Morgan fingerprint density at radius 1 is 0.844 bits per heavy atom. The molecule has 166 valence electrons. The van der Waals surface area contributed by atoms with Gasteiger partial charge in [-0.1, -0.05) is 6.92 Å². The van der Waals surface area contributed by atoms with Crippen molar-refractivity contribution in [3.63, 3.8) is 0 Å². The van der Waals surface area contributed by atoms with Gasteiger partial charge in [-0.3, -0.25) is 19.3 Å². The molecule has 1 fully saturated rings. The number of carbonyl (C=O) groups excluding carboxylic acids is 5. The van der Waals surface area contributed by atoms with Gasteiger partial charge < -0.3 is 14.8 Å². The van der Waals surface area contributed by atoms with Gasteiger partial charge in [-0.2, -0.15) is 0 Å². The van der Waals surface area contributed by atoms with Crippen molar-refractivity contribution in [1.29, 1.82) is 0 Å². The number of carbonyl (C=O) groups is 5. The minimum atomic E-state index is -0.722. The predicted molar refractivity (Wildman–Crippen MR) is 114 cm³/mol. The lowest BCUT2D eigenvalue weighted by molar-refractivity contribution is -0.121. The van der Waals surface area contributed by atoms with E-state index in [1.165, 1.54) is 36.4 Å². The normalized spacial score (nSPS) is 13.1. The molecule has 0 spiro atoms. The van der Waals surface area contributed by atoms with Gasteiger partial charge in [0, 0.05) is 18.5 Å². The summed E-state index contributed by atoms with van der Waals surface area (Å²) >= 11 is 0. The smallest absolute Gasteiger partial charge is 0.338 e. The Kier molecular flexibility index (Phi) is 7.33. The third-order valence-electron chi connectivity index (χ3n) is 4.59. The molecule has 0 aromatic heterocycles. The summed E-state index contributed by atoms with van der Waals surface area (Å²) in [5.74, 6) is -2.28. The second kappa shape index (κ2) is 10.3. The number of nitrogens with zero attached hydrogens (tertiary/aromatic N) is 1. The Morgan fingerprint density at radius 2 is 1.38 bits per heavy atom. The maximum Gasteiger partial charge on any atom is 0.338 e. The van der Waals surface area contributed by atoms with Crippen molar-refractivity contribution in [3.8, 4) is 0 Å². The maximum atomic E-state index is 12.2. The van der Waals surface area contributed by atoms with Crippen LogP contribution in [0.2, 0.25) is 0 Å². The molecule has 1 aliphatic rings. The van der Waals surface area contributed by atoms with Crippen molar-refractivity contribution in [2.24, 2.45) is 0 Å². The lowest BCUT2D eigenvalue weighted by Crippen LogP contribution is -2.28. The van der Waals surface area contributed by atoms with Crippen LogP contribution in [0.1, 0.15) is 46.9 Å². The van der Waals surface area contributed by atoms with Crippen LogP contribution in [0.3, 0.4) is 0 Å². The van der Waals surface area contributed by atoms with Crippen LogP contribution in [-0.2, 0) is 23.9 Å². The van der Waals surface area contributed by atoms with E-state index in [0.717, 1.165) is 11.3 Å². The van der Waals surface area contributed by atoms with E-state index in [9.17, 15) is 24.0 Å². The molecule has 0 aliphatic carbocycles. The van der Waals surface area contributed by atoms with Gasteiger partial charge in [0.25, 0.3) is 5.91 Å². The third-order valence-corrected chi connectivity index (χ3v) is 4.59. The number of nitrogens with one attached hydrogen (secondary N) is 1. The van der Waals surface area contributed by atoms with Gasteiger partial charge in [-0.25, -0.2) is 9.59 Å². The summed E-state index contributed by atoms with van der Waals surface area (Å²) in [4.78, 5) is 60.6. The van der Waals surface area contributed by atoms with E-state index < -0.39 is 24.5 Å². The number of ether oxygens (including phenoxy) is 2. The van der Waals surface area contributed by atoms with Crippen LogP contribution < -0.4 is 10.2 Å². The van der Waals surface area contributed by atoms with Crippen molar-refractivity contribution in [2.75, 3.05) is 23.4 Å². The molecule has 1 aliphatic heterocycles. The highest BCUT2D eigenvalue weighted by Crippen LogP contribution is 2.23. The summed E-state index contributed by atoms with van der Waals surface area (Å²) in [6.45, 7) is 1.72. The molecule has 3 amide bonds. The van der Waals surface area contributed by atoms with E-state index >= 15 is 0 Å². The first kappa shape index (κ1) is 22.7. The number of anilines is 2. The molecular formula is C23H22N2O7.